The highest BCUT2D eigenvalue weighted by Crippen LogP contribution is 2.27. The predicted molar refractivity (Wildman–Crippen MR) is 120 cm³/mol. The van der Waals surface area contributed by atoms with Crippen molar-refractivity contribution in [3.8, 4) is 17.2 Å². The van der Waals surface area contributed by atoms with Crippen LogP contribution in [0.4, 0.5) is 5.69 Å². The summed E-state index contributed by atoms with van der Waals surface area (Å²) in [5.74, 6) is 0.979. The molecule has 1 N–H and O–H groups in total. The van der Waals surface area contributed by atoms with Crippen molar-refractivity contribution >= 4 is 34.2 Å². The number of nitrogens with one attached hydrogen (secondary N) is 1. The van der Waals surface area contributed by atoms with Crippen molar-refractivity contribution < 1.29 is 14.3 Å². The average Bonchev–Trinajstić information content (AvgIpc) is 3.21. The molecule has 7 nitrogen and oxygen atoms in total. The maximum atomic E-state index is 12.3. The summed E-state index contributed by atoms with van der Waals surface area (Å²) in [6, 6.07) is 18.3. The van der Waals surface area contributed by atoms with Crippen molar-refractivity contribution in [2.24, 2.45) is 0 Å². The van der Waals surface area contributed by atoms with E-state index in [9.17, 15) is 4.79 Å². The molecule has 1 amide bonds. The topological polar surface area (TPSA) is 78.3 Å². The van der Waals surface area contributed by atoms with E-state index in [0.717, 1.165) is 6.42 Å². The molecular weight excluding hydrogens is 416 g/mol. The van der Waals surface area contributed by atoms with Crippen LogP contribution in [-0.2, 0) is 11.2 Å². The lowest BCUT2D eigenvalue weighted by Gasteiger charge is -2.08. The first kappa shape index (κ1) is 20.7. The van der Waals surface area contributed by atoms with Gasteiger partial charge in [-0.3, -0.25) is 4.79 Å². The van der Waals surface area contributed by atoms with Crippen LogP contribution in [0.5, 0.6) is 11.5 Å². The van der Waals surface area contributed by atoms with E-state index in [-0.39, 0.29) is 12.5 Å². The third-order valence-electron chi connectivity index (χ3n) is 4.73. The molecule has 0 unspecified atom stereocenters. The smallest absolute Gasteiger partial charge is 0.262 e. The molecule has 0 saturated heterocycles. The highest BCUT2D eigenvalue weighted by molar-refractivity contribution is 6.32. The van der Waals surface area contributed by atoms with Crippen LogP contribution in [0.25, 0.3) is 16.7 Å². The normalized spacial score (nSPS) is 10.8. The fourth-order valence-corrected chi connectivity index (χ4v) is 3.31. The average molecular weight is 437 g/mol. The van der Waals surface area contributed by atoms with Crippen molar-refractivity contribution in [2.75, 3.05) is 19.0 Å². The fraction of sp³-hybridized carbons (Fsp3) is 0.174. The summed E-state index contributed by atoms with van der Waals surface area (Å²) in [6.07, 6.45) is 0.958. The maximum absolute atomic E-state index is 12.3. The second-order valence-electron chi connectivity index (χ2n) is 6.85. The van der Waals surface area contributed by atoms with E-state index in [2.05, 4.69) is 22.4 Å². The number of nitrogens with zero attached hydrogens (tertiary/aromatic N) is 3. The third kappa shape index (κ3) is 4.78. The van der Waals surface area contributed by atoms with Gasteiger partial charge in [0.05, 0.1) is 17.8 Å². The van der Waals surface area contributed by atoms with Gasteiger partial charge in [-0.2, -0.15) is 4.80 Å². The van der Waals surface area contributed by atoms with Crippen molar-refractivity contribution in [3.63, 3.8) is 0 Å². The Kier molecular flexibility index (Phi) is 6.04. The van der Waals surface area contributed by atoms with Crippen molar-refractivity contribution in [1.82, 2.24) is 15.0 Å². The molecule has 1 heterocycles. The van der Waals surface area contributed by atoms with E-state index in [1.54, 1.807) is 37.4 Å². The predicted octanol–water partition coefficient (Wildman–Crippen LogP) is 4.66. The summed E-state index contributed by atoms with van der Waals surface area (Å²) in [5, 5.41) is 12.2. The van der Waals surface area contributed by atoms with Gasteiger partial charge >= 0.3 is 0 Å². The lowest BCUT2D eigenvalue weighted by atomic mass is 10.2. The van der Waals surface area contributed by atoms with Gasteiger partial charge in [-0.15, -0.1) is 10.2 Å². The van der Waals surface area contributed by atoms with Gasteiger partial charge in [0.15, 0.2) is 6.61 Å². The minimum atomic E-state index is -0.256. The van der Waals surface area contributed by atoms with E-state index in [1.807, 2.05) is 30.3 Å². The molecule has 0 aliphatic carbocycles. The molecular formula is C23H21ClN4O3. The molecule has 4 rings (SSSR count). The number of hydrogen-bond donors (Lipinski definition) is 1. The highest BCUT2D eigenvalue weighted by Gasteiger charge is 2.10. The molecule has 0 spiro atoms. The molecule has 8 heteroatoms. The minimum Gasteiger partial charge on any atom is -0.495 e. The Morgan fingerprint density at radius 2 is 1.81 bits per heavy atom. The third-order valence-corrected chi connectivity index (χ3v) is 5.03. The zero-order valence-corrected chi connectivity index (χ0v) is 17.9. The van der Waals surface area contributed by atoms with Crippen LogP contribution in [0.1, 0.15) is 12.5 Å². The molecule has 158 valence electrons. The Labute approximate surface area is 184 Å². The first-order valence-corrected chi connectivity index (χ1v) is 10.2. The maximum Gasteiger partial charge on any atom is 0.262 e. The summed E-state index contributed by atoms with van der Waals surface area (Å²) < 4.78 is 10.7. The molecule has 31 heavy (non-hydrogen) atoms. The molecule has 0 bridgehead atoms. The van der Waals surface area contributed by atoms with Gasteiger partial charge in [0.2, 0.25) is 0 Å². The Morgan fingerprint density at radius 1 is 1.03 bits per heavy atom. The van der Waals surface area contributed by atoms with Gasteiger partial charge in [-0.1, -0.05) is 30.7 Å². The Balaban J connectivity index is 1.43. The number of aryl methyl sites for hydroxylation is 1. The number of ether oxygens (including phenoxy) is 2. The Bertz CT molecular complexity index is 1220. The number of hydrogen-bond acceptors (Lipinski definition) is 5. The second kappa shape index (κ2) is 9.06. The van der Waals surface area contributed by atoms with Crippen molar-refractivity contribution in [3.05, 3.63) is 71.2 Å². The van der Waals surface area contributed by atoms with E-state index in [0.29, 0.717) is 38.9 Å². The van der Waals surface area contributed by atoms with E-state index in [4.69, 9.17) is 21.1 Å². The number of amides is 1. The van der Waals surface area contributed by atoms with Gasteiger partial charge in [0.25, 0.3) is 5.91 Å². The summed E-state index contributed by atoms with van der Waals surface area (Å²) in [4.78, 5) is 13.8. The molecule has 0 radical (unpaired) electrons. The molecule has 0 aliphatic rings. The van der Waals surface area contributed by atoms with Crippen LogP contribution < -0.4 is 14.8 Å². The van der Waals surface area contributed by atoms with E-state index < -0.39 is 0 Å². The SMILES string of the molecule is CCc1ccc(OCC(=O)Nc2ccc3nn(-c4ccc(OC)c(Cl)c4)nc3c2)cc1. The van der Waals surface area contributed by atoms with Crippen molar-refractivity contribution in [2.45, 2.75) is 13.3 Å². The Morgan fingerprint density at radius 3 is 2.52 bits per heavy atom. The van der Waals surface area contributed by atoms with Crippen LogP contribution in [0.15, 0.2) is 60.7 Å². The second-order valence-corrected chi connectivity index (χ2v) is 7.25. The van der Waals surface area contributed by atoms with Crippen LogP contribution in [0.3, 0.4) is 0 Å². The zero-order valence-electron chi connectivity index (χ0n) is 17.1. The summed E-state index contributed by atoms with van der Waals surface area (Å²) in [7, 11) is 1.56. The number of methoxy groups -OCH3 is 1. The van der Waals surface area contributed by atoms with Crippen LogP contribution in [0, 0.1) is 0 Å². The molecule has 1 aromatic heterocycles. The van der Waals surface area contributed by atoms with Crippen LogP contribution in [0.2, 0.25) is 5.02 Å². The number of aromatic nitrogens is 3. The molecule has 4 aromatic rings. The lowest BCUT2D eigenvalue weighted by molar-refractivity contribution is -0.118. The zero-order chi connectivity index (χ0) is 21.8. The highest BCUT2D eigenvalue weighted by atomic mass is 35.5. The minimum absolute atomic E-state index is 0.0828. The molecule has 0 atom stereocenters. The lowest BCUT2D eigenvalue weighted by Crippen LogP contribution is -2.20. The van der Waals surface area contributed by atoms with Crippen molar-refractivity contribution in [1.29, 1.82) is 0 Å². The van der Waals surface area contributed by atoms with Gasteiger partial charge in [0, 0.05) is 5.69 Å². The first-order chi connectivity index (χ1) is 15.1. The number of carbonyl (C=O) groups is 1. The Hall–Kier alpha value is -3.58. The molecule has 3 aromatic carbocycles. The largest absolute Gasteiger partial charge is 0.495 e. The van der Waals surface area contributed by atoms with Gasteiger partial charge < -0.3 is 14.8 Å². The number of halogens is 1. The number of fused-ring (bicyclic) bond motifs is 1. The van der Waals surface area contributed by atoms with Crippen LogP contribution in [-0.4, -0.2) is 34.6 Å². The van der Waals surface area contributed by atoms with E-state index >= 15 is 0 Å². The van der Waals surface area contributed by atoms with Gasteiger partial charge in [-0.05, 0) is 60.5 Å². The van der Waals surface area contributed by atoms with Crippen LogP contribution >= 0.6 is 11.6 Å². The molecule has 0 fully saturated rings. The van der Waals surface area contributed by atoms with E-state index in [1.165, 1.54) is 10.4 Å². The summed E-state index contributed by atoms with van der Waals surface area (Å²) >= 11 is 6.20. The monoisotopic (exact) mass is 436 g/mol. The number of carbonyl (C=O) groups excluding carboxylic acids is 1. The summed E-state index contributed by atoms with van der Waals surface area (Å²) in [5.41, 5.74) is 3.87. The summed E-state index contributed by atoms with van der Waals surface area (Å²) in [6.45, 7) is 2.01. The van der Waals surface area contributed by atoms with Gasteiger partial charge in [0.1, 0.15) is 22.5 Å². The molecule has 0 saturated carbocycles. The quantitative estimate of drug-likeness (QED) is 0.455. The fourth-order valence-electron chi connectivity index (χ4n) is 3.05. The first-order valence-electron chi connectivity index (χ1n) is 9.78. The molecule has 0 aliphatic heterocycles. The number of anilines is 1. The van der Waals surface area contributed by atoms with Gasteiger partial charge in [-0.25, -0.2) is 0 Å². The number of rotatable bonds is 7. The number of benzene rings is 3. The standard InChI is InChI=1S/C23H21ClN4O3/c1-3-15-4-8-18(9-5-15)31-14-23(29)25-16-6-10-20-21(12-16)27-28(26-20)17-7-11-22(30-2)19(24)13-17/h4-13H,3,14H2,1-2H3,(H,25,29).